The molecule has 8 heteroatoms. The van der Waals surface area contributed by atoms with E-state index in [1.807, 2.05) is 0 Å². The summed E-state index contributed by atoms with van der Waals surface area (Å²) in [5, 5.41) is 2.49. The topological polar surface area (TPSA) is 46.4 Å². The smallest absolute Gasteiger partial charge is 0.321 e. The third-order valence-corrected chi connectivity index (χ3v) is 4.31. The summed E-state index contributed by atoms with van der Waals surface area (Å²) in [4.78, 5) is 17.4. The van der Waals surface area contributed by atoms with Crippen molar-refractivity contribution in [3.05, 3.63) is 52.8 Å². The van der Waals surface area contributed by atoms with Crippen LogP contribution in [0, 0.1) is 6.92 Å². The fraction of sp³-hybridized carbons (Fsp3) is 0.143. The molecule has 0 aliphatic carbocycles. The van der Waals surface area contributed by atoms with Crippen molar-refractivity contribution in [3.63, 3.8) is 0 Å². The van der Waals surface area contributed by atoms with Gasteiger partial charge in [0.15, 0.2) is 4.96 Å². The van der Waals surface area contributed by atoms with E-state index >= 15 is 0 Å². The maximum Gasteiger partial charge on any atom is 0.416 e. The Morgan fingerprint density at radius 2 is 2.14 bits per heavy atom. The van der Waals surface area contributed by atoms with Crippen molar-refractivity contribution in [2.75, 3.05) is 5.32 Å². The van der Waals surface area contributed by atoms with Crippen LogP contribution in [0.2, 0.25) is 0 Å². The number of hydrogen-bond acceptors (Lipinski definition) is 3. The van der Waals surface area contributed by atoms with Gasteiger partial charge >= 0.3 is 6.18 Å². The molecule has 0 aliphatic heterocycles. The second kappa shape index (κ2) is 5.13. The summed E-state index contributed by atoms with van der Waals surface area (Å²) in [6, 6.07) is 4.54. The number of imidazole rings is 1. The number of rotatable bonds is 2. The van der Waals surface area contributed by atoms with Crippen molar-refractivity contribution in [2.24, 2.45) is 0 Å². The van der Waals surface area contributed by atoms with Crippen molar-refractivity contribution >= 4 is 27.9 Å². The molecule has 0 atom stereocenters. The van der Waals surface area contributed by atoms with Gasteiger partial charge in [0.25, 0.3) is 5.91 Å². The predicted molar refractivity (Wildman–Crippen MR) is 77.2 cm³/mol. The number of amides is 1. The third-order valence-electron chi connectivity index (χ3n) is 3.14. The molecule has 0 unspecified atom stereocenters. The molecule has 0 fully saturated rings. The summed E-state index contributed by atoms with van der Waals surface area (Å²) in [6.07, 6.45) is -1.10. The summed E-state index contributed by atoms with van der Waals surface area (Å²) in [6.45, 7) is 1.76. The summed E-state index contributed by atoms with van der Waals surface area (Å²) in [7, 11) is 0. The van der Waals surface area contributed by atoms with Gasteiger partial charge in [0, 0.05) is 23.8 Å². The van der Waals surface area contributed by atoms with E-state index in [9.17, 15) is 18.0 Å². The quantitative estimate of drug-likeness (QED) is 0.775. The van der Waals surface area contributed by atoms with Crippen LogP contribution in [0.5, 0.6) is 0 Å². The van der Waals surface area contributed by atoms with Crippen LogP contribution in [-0.4, -0.2) is 15.3 Å². The normalized spacial score (nSPS) is 11.8. The van der Waals surface area contributed by atoms with Crippen molar-refractivity contribution < 1.29 is 18.0 Å². The molecule has 0 radical (unpaired) electrons. The standard InChI is InChI=1S/C14H10F3N3OS/c1-8-11(22-13-18-5-6-20(8)13)12(21)19-10-4-2-3-9(7-10)14(15,16)17/h2-7H,1H3,(H,19,21). The van der Waals surface area contributed by atoms with E-state index in [2.05, 4.69) is 10.3 Å². The minimum atomic E-state index is -4.44. The minimum Gasteiger partial charge on any atom is -0.321 e. The highest BCUT2D eigenvalue weighted by atomic mass is 32.1. The van der Waals surface area contributed by atoms with Crippen LogP contribution >= 0.6 is 11.3 Å². The summed E-state index contributed by atoms with van der Waals surface area (Å²) in [5.74, 6) is -0.452. The fourth-order valence-electron chi connectivity index (χ4n) is 2.07. The molecule has 22 heavy (non-hydrogen) atoms. The van der Waals surface area contributed by atoms with E-state index in [1.165, 1.54) is 23.5 Å². The molecule has 1 amide bonds. The third kappa shape index (κ3) is 2.57. The Hall–Kier alpha value is -2.35. The van der Waals surface area contributed by atoms with Gasteiger partial charge in [0.1, 0.15) is 4.88 Å². The molecule has 1 aromatic carbocycles. The number of alkyl halides is 3. The van der Waals surface area contributed by atoms with Crippen LogP contribution in [0.3, 0.4) is 0 Å². The number of carbonyl (C=O) groups is 1. The summed E-state index contributed by atoms with van der Waals surface area (Å²) in [5.41, 5.74) is -0.00440. The summed E-state index contributed by atoms with van der Waals surface area (Å²) >= 11 is 1.19. The van der Waals surface area contributed by atoms with Gasteiger partial charge in [-0.1, -0.05) is 17.4 Å². The molecule has 1 N–H and O–H groups in total. The number of benzene rings is 1. The minimum absolute atomic E-state index is 0.102. The van der Waals surface area contributed by atoms with Crippen LogP contribution in [0.1, 0.15) is 20.9 Å². The van der Waals surface area contributed by atoms with E-state index in [1.54, 1.807) is 23.7 Å². The van der Waals surface area contributed by atoms with Crippen LogP contribution in [0.4, 0.5) is 18.9 Å². The number of aryl methyl sites for hydroxylation is 1. The Balaban J connectivity index is 1.88. The lowest BCUT2D eigenvalue weighted by atomic mass is 10.2. The number of aromatic nitrogens is 2. The number of fused-ring (bicyclic) bond motifs is 1. The van der Waals surface area contributed by atoms with E-state index in [4.69, 9.17) is 0 Å². The molecule has 114 valence electrons. The second-order valence-corrected chi connectivity index (χ2v) is 5.61. The monoisotopic (exact) mass is 325 g/mol. The maximum absolute atomic E-state index is 12.7. The Labute approximate surface area is 127 Å². The highest BCUT2D eigenvalue weighted by Crippen LogP contribution is 2.31. The number of anilines is 1. The molecule has 0 saturated heterocycles. The molecular formula is C14H10F3N3OS. The first-order valence-electron chi connectivity index (χ1n) is 6.27. The number of carbonyl (C=O) groups excluding carboxylic acids is 1. The first-order valence-corrected chi connectivity index (χ1v) is 7.09. The number of nitrogens with one attached hydrogen (secondary N) is 1. The number of thiazole rings is 1. The first kappa shape index (κ1) is 14.6. The molecule has 0 spiro atoms. The zero-order valence-corrected chi connectivity index (χ0v) is 12.1. The second-order valence-electron chi connectivity index (χ2n) is 4.63. The van der Waals surface area contributed by atoms with Gasteiger partial charge in [-0.2, -0.15) is 13.2 Å². The molecule has 3 aromatic rings. The Kier molecular flexibility index (Phi) is 3.40. The lowest BCUT2D eigenvalue weighted by Gasteiger charge is -2.09. The van der Waals surface area contributed by atoms with Gasteiger partial charge in [0.05, 0.1) is 5.56 Å². The van der Waals surface area contributed by atoms with Crippen LogP contribution in [-0.2, 0) is 6.18 Å². The van der Waals surface area contributed by atoms with Gasteiger partial charge in [-0.25, -0.2) is 4.98 Å². The number of hydrogen-bond donors (Lipinski definition) is 1. The zero-order chi connectivity index (χ0) is 15.9. The average Bonchev–Trinajstić information content (AvgIpc) is 3.01. The van der Waals surface area contributed by atoms with E-state index in [-0.39, 0.29) is 5.69 Å². The number of halogens is 3. The molecule has 0 bridgehead atoms. The highest BCUT2D eigenvalue weighted by molar-refractivity contribution is 7.19. The largest absolute Gasteiger partial charge is 0.416 e. The molecular weight excluding hydrogens is 315 g/mol. The lowest BCUT2D eigenvalue weighted by molar-refractivity contribution is -0.137. The molecule has 4 nitrogen and oxygen atoms in total. The van der Waals surface area contributed by atoms with Crippen LogP contribution < -0.4 is 5.32 Å². The first-order chi connectivity index (χ1) is 10.4. The number of nitrogens with zero attached hydrogens (tertiary/aromatic N) is 2. The SMILES string of the molecule is Cc1c(C(=O)Nc2cccc(C(F)(F)F)c2)sc2nccn12. The van der Waals surface area contributed by atoms with Crippen molar-refractivity contribution in [2.45, 2.75) is 13.1 Å². The van der Waals surface area contributed by atoms with Crippen LogP contribution in [0.25, 0.3) is 4.96 Å². The Bertz CT molecular complexity index is 851. The van der Waals surface area contributed by atoms with Crippen molar-refractivity contribution in [1.29, 1.82) is 0 Å². The van der Waals surface area contributed by atoms with Gasteiger partial charge < -0.3 is 5.32 Å². The van der Waals surface area contributed by atoms with E-state index in [0.717, 1.165) is 12.1 Å². The highest BCUT2D eigenvalue weighted by Gasteiger charge is 2.30. The predicted octanol–water partition coefficient (Wildman–Crippen LogP) is 3.98. The van der Waals surface area contributed by atoms with Crippen molar-refractivity contribution in [3.8, 4) is 0 Å². The molecule has 0 saturated carbocycles. The van der Waals surface area contributed by atoms with Gasteiger partial charge in [-0.3, -0.25) is 9.20 Å². The van der Waals surface area contributed by atoms with Gasteiger partial charge in [-0.05, 0) is 25.1 Å². The Morgan fingerprint density at radius 1 is 1.36 bits per heavy atom. The zero-order valence-electron chi connectivity index (χ0n) is 11.3. The molecule has 2 aromatic heterocycles. The average molecular weight is 325 g/mol. The maximum atomic E-state index is 12.7. The summed E-state index contributed by atoms with van der Waals surface area (Å²) < 4.78 is 39.8. The van der Waals surface area contributed by atoms with E-state index in [0.29, 0.717) is 15.5 Å². The molecule has 0 aliphatic rings. The van der Waals surface area contributed by atoms with Crippen LogP contribution in [0.15, 0.2) is 36.7 Å². The van der Waals surface area contributed by atoms with E-state index < -0.39 is 17.6 Å². The molecule has 2 heterocycles. The van der Waals surface area contributed by atoms with Gasteiger partial charge in [-0.15, -0.1) is 0 Å². The molecule has 3 rings (SSSR count). The van der Waals surface area contributed by atoms with Gasteiger partial charge in [0.2, 0.25) is 0 Å². The Morgan fingerprint density at radius 3 is 2.82 bits per heavy atom. The fourth-order valence-corrected chi connectivity index (χ4v) is 3.05. The van der Waals surface area contributed by atoms with Crippen molar-refractivity contribution in [1.82, 2.24) is 9.38 Å². The lowest BCUT2D eigenvalue weighted by Crippen LogP contribution is -2.13.